The summed E-state index contributed by atoms with van der Waals surface area (Å²) in [5.41, 5.74) is 1.99. The highest BCUT2D eigenvalue weighted by atomic mass is 16.1. The number of aromatic nitrogens is 3. The molecule has 0 spiro atoms. The number of aryl methyl sites for hydroxylation is 1. The lowest BCUT2D eigenvalue weighted by atomic mass is 9.76. The maximum atomic E-state index is 12.1. The summed E-state index contributed by atoms with van der Waals surface area (Å²) in [4.78, 5) is 12.1. The van der Waals surface area contributed by atoms with E-state index in [0.29, 0.717) is 6.42 Å². The minimum Gasteiger partial charge on any atom is -0.303 e. The van der Waals surface area contributed by atoms with E-state index >= 15 is 0 Å². The summed E-state index contributed by atoms with van der Waals surface area (Å²) in [7, 11) is 1.90. The first kappa shape index (κ1) is 11.3. The van der Waals surface area contributed by atoms with Gasteiger partial charge in [0, 0.05) is 43.2 Å². The zero-order valence-electron chi connectivity index (χ0n) is 11.0. The first-order valence-corrected chi connectivity index (χ1v) is 6.20. The summed E-state index contributed by atoms with van der Waals surface area (Å²) in [6.45, 7) is 4.28. The average Bonchev–Trinajstić information content (AvgIpc) is 2.82. The molecule has 0 radical (unpaired) electrons. The summed E-state index contributed by atoms with van der Waals surface area (Å²) >= 11 is 0. The van der Waals surface area contributed by atoms with Crippen LogP contribution in [0.1, 0.15) is 36.3 Å². The van der Waals surface area contributed by atoms with Crippen molar-refractivity contribution >= 4 is 5.78 Å². The second-order valence-electron chi connectivity index (χ2n) is 5.83. The van der Waals surface area contributed by atoms with Gasteiger partial charge < -0.3 is 4.57 Å². The van der Waals surface area contributed by atoms with Gasteiger partial charge in [-0.05, 0) is 17.9 Å². The standard InChI is InChI=1S/C14H17N3O/c1-14(2)8-11-10(12(18)9-14)4-7-17(11)13-5-6-16(3)15-13/h4-7H,8-9H2,1-3H3. The van der Waals surface area contributed by atoms with Crippen LogP contribution < -0.4 is 0 Å². The number of ketones is 1. The molecule has 0 aromatic carbocycles. The fraction of sp³-hybridized carbons (Fsp3) is 0.429. The summed E-state index contributed by atoms with van der Waals surface area (Å²) in [5.74, 6) is 1.13. The van der Waals surface area contributed by atoms with E-state index in [1.807, 2.05) is 36.1 Å². The molecule has 4 heteroatoms. The molecule has 1 aliphatic carbocycles. The molecule has 0 unspecified atom stereocenters. The second-order valence-corrected chi connectivity index (χ2v) is 5.83. The molecule has 18 heavy (non-hydrogen) atoms. The number of carbonyl (C=O) groups is 1. The fourth-order valence-corrected chi connectivity index (χ4v) is 2.69. The molecule has 0 amide bonds. The van der Waals surface area contributed by atoms with E-state index < -0.39 is 0 Å². The maximum absolute atomic E-state index is 12.1. The van der Waals surface area contributed by atoms with Gasteiger partial charge in [0.25, 0.3) is 0 Å². The van der Waals surface area contributed by atoms with Crippen LogP contribution in [-0.2, 0) is 13.5 Å². The molecular formula is C14H17N3O. The van der Waals surface area contributed by atoms with Gasteiger partial charge in [-0.1, -0.05) is 13.8 Å². The van der Waals surface area contributed by atoms with Gasteiger partial charge in [-0.25, -0.2) is 0 Å². The minimum absolute atomic E-state index is 0.0367. The molecule has 0 atom stereocenters. The average molecular weight is 243 g/mol. The van der Waals surface area contributed by atoms with Crippen LogP contribution in [0, 0.1) is 5.41 Å². The van der Waals surface area contributed by atoms with Gasteiger partial charge in [-0.2, -0.15) is 5.10 Å². The summed E-state index contributed by atoms with van der Waals surface area (Å²) in [6.07, 6.45) is 5.41. The molecule has 0 N–H and O–H groups in total. The Morgan fingerprint density at radius 1 is 1.22 bits per heavy atom. The van der Waals surface area contributed by atoms with Crippen LogP contribution in [0.25, 0.3) is 5.82 Å². The van der Waals surface area contributed by atoms with Crippen LogP contribution in [0.2, 0.25) is 0 Å². The molecule has 0 aliphatic heterocycles. The Morgan fingerprint density at radius 3 is 2.67 bits per heavy atom. The number of nitrogens with zero attached hydrogens (tertiary/aromatic N) is 3. The van der Waals surface area contributed by atoms with E-state index in [-0.39, 0.29) is 11.2 Å². The first-order valence-electron chi connectivity index (χ1n) is 6.20. The van der Waals surface area contributed by atoms with Crippen molar-refractivity contribution in [2.24, 2.45) is 12.5 Å². The van der Waals surface area contributed by atoms with Gasteiger partial charge in [0.1, 0.15) is 0 Å². The topological polar surface area (TPSA) is 39.8 Å². The molecule has 3 rings (SSSR count). The molecule has 0 bridgehead atoms. The number of Topliss-reactive ketones (excluding diaryl/α,β-unsaturated/α-hetero) is 1. The van der Waals surface area contributed by atoms with Crippen LogP contribution in [0.3, 0.4) is 0 Å². The van der Waals surface area contributed by atoms with Gasteiger partial charge in [-0.15, -0.1) is 0 Å². The second kappa shape index (κ2) is 3.57. The highest BCUT2D eigenvalue weighted by Crippen LogP contribution is 2.35. The van der Waals surface area contributed by atoms with Crippen molar-refractivity contribution in [2.45, 2.75) is 26.7 Å². The Balaban J connectivity index is 2.12. The molecule has 2 heterocycles. The number of carbonyl (C=O) groups excluding carboxylic acids is 1. The normalized spacial score (nSPS) is 17.8. The SMILES string of the molecule is Cn1ccc(-n2ccc3c2CC(C)(C)CC3=O)n1. The van der Waals surface area contributed by atoms with E-state index in [0.717, 1.165) is 23.5 Å². The Morgan fingerprint density at radius 2 is 2.00 bits per heavy atom. The van der Waals surface area contributed by atoms with E-state index in [4.69, 9.17) is 0 Å². The smallest absolute Gasteiger partial charge is 0.165 e. The lowest BCUT2D eigenvalue weighted by molar-refractivity contribution is 0.0911. The lowest BCUT2D eigenvalue weighted by Gasteiger charge is -2.29. The minimum atomic E-state index is 0.0367. The molecule has 0 saturated carbocycles. The third kappa shape index (κ3) is 1.68. The molecule has 2 aromatic heterocycles. The van der Waals surface area contributed by atoms with Gasteiger partial charge in [0.2, 0.25) is 0 Å². The van der Waals surface area contributed by atoms with Gasteiger partial charge >= 0.3 is 0 Å². The van der Waals surface area contributed by atoms with Crippen molar-refractivity contribution in [3.05, 3.63) is 35.8 Å². The molecule has 4 nitrogen and oxygen atoms in total. The van der Waals surface area contributed by atoms with Gasteiger partial charge in [-0.3, -0.25) is 9.48 Å². The van der Waals surface area contributed by atoms with Crippen LogP contribution in [-0.4, -0.2) is 20.1 Å². The van der Waals surface area contributed by atoms with Crippen molar-refractivity contribution in [3.8, 4) is 5.82 Å². The molecule has 94 valence electrons. The number of hydrogen-bond donors (Lipinski definition) is 0. The highest BCUT2D eigenvalue weighted by Gasteiger charge is 2.33. The van der Waals surface area contributed by atoms with Crippen LogP contribution >= 0.6 is 0 Å². The number of hydrogen-bond acceptors (Lipinski definition) is 2. The van der Waals surface area contributed by atoms with Crippen LogP contribution in [0.15, 0.2) is 24.5 Å². The highest BCUT2D eigenvalue weighted by molar-refractivity contribution is 5.99. The Kier molecular flexibility index (Phi) is 2.24. The van der Waals surface area contributed by atoms with E-state index in [1.54, 1.807) is 4.68 Å². The lowest BCUT2D eigenvalue weighted by Crippen LogP contribution is -2.27. The number of fused-ring (bicyclic) bond motifs is 1. The van der Waals surface area contributed by atoms with Gasteiger partial charge in [0.15, 0.2) is 11.6 Å². The van der Waals surface area contributed by atoms with Crippen LogP contribution in [0.5, 0.6) is 0 Å². The number of rotatable bonds is 1. The predicted molar refractivity (Wildman–Crippen MR) is 69.0 cm³/mol. The third-order valence-electron chi connectivity index (χ3n) is 3.52. The quantitative estimate of drug-likeness (QED) is 0.771. The zero-order valence-corrected chi connectivity index (χ0v) is 11.0. The van der Waals surface area contributed by atoms with E-state index in [2.05, 4.69) is 18.9 Å². The van der Waals surface area contributed by atoms with Crippen molar-refractivity contribution < 1.29 is 4.79 Å². The van der Waals surface area contributed by atoms with Crippen molar-refractivity contribution in [1.82, 2.24) is 14.3 Å². The third-order valence-corrected chi connectivity index (χ3v) is 3.52. The predicted octanol–water partition coefficient (Wildman–Crippen LogP) is 2.37. The molecule has 0 saturated heterocycles. The van der Waals surface area contributed by atoms with Crippen LogP contribution in [0.4, 0.5) is 0 Å². The van der Waals surface area contributed by atoms with Crippen molar-refractivity contribution in [1.29, 1.82) is 0 Å². The van der Waals surface area contributed by atoms with E-state index in [9.17, 15) is 4.79 Å². The van der Waals surface area contributed by atoms with Crippen molar-refractivity contribution in [3.63, 3.8) is 0 Å². The van der Waals surface area contributed by atoms with Crippen molar-refractivity contribution in [2.75, 3.05) is 0 Å². The molecule has 2 aromatic rings. The fourth-order valence-electron chi connectivity index (χ4n) is 2.69. The Labute approximate surface area is 106 Å². The summed E-state index contributed by atoms with van der Waals surface area (Å²) in [6, 6.07) is 3.88. The van der Waals surface area contributed by atoms with Gasteiger partial charge in [0.05, 0.1) is 0 Å². The molecular weight excluding hydrogens is 226 g/mol. The zero-order chi connectivity index (χ0) is 12.9. The maximum Gasteiger partial charge on any atom is 0.165 e. The summed E-state index contributed by atoms with van der Waals surface area (Å²) < 4.78 is 3.81. The largest absolute Gasteiger partial charge is 0.303 e. The monoisotopic (exact) mass is 243 g/mol. The Bertz CT molecular complexity index is 619. The Hall–Kier alpha value is -1.84. The van der Waals surface area contributed by atoms with E-state index in [1.165, 1.54) is 0 Å². The first-order chi connectivity index (χ1) is 8.46. The molecule has 1 aliphatic rings. The summed E-state index contributed by atoms with van der Waals surface area (Å²) in [5, 5.41) is 4.40. The molecule has 0 fully saturated rings.